The highest BCUT2D eigenvalue weighted by molar-refractivity contribution is 7.80. The number of nitrogens with zero attached hydrogens (tertiary/aromatic N) is 1. The molecule has 0 atom stereocenters. The van der Waals surface area contributed by atoms with Gasteiger partial charge in [0.05, 0.1) is 12.3 Å². The van der Waals surface area contributed by atoms with Gasteiger partial charge in [-0.05, 0) is 73.8 Å². The second kappa shape index (κ2) is 11.7. The number of carboxylic acids is 1. The maximum Gasteiger partial charge on any atom is 0.186 e. The van der Waals surface area contributed by atoms with Gasteiger partial charge in [0, 0.05) is 12.5 Å². The monoisotopic (exact) mass is 398 g/mol. The van der Waals surface area contributed by atoms with Gasteiger partial charge < -0.3 is 20.0 Å². The van der Waals surface area contributed by atoms with Crippen LogP contribution in [0.1, 0.15) is 30.9 Å². The summed E-state index contributed by atoms with van der Waals surface area (Å²) in [5.41, 5.74) is 5.39. The molecule has 0 aliphatic rings. The first-order valence-corrected chi connectivity index (χ1v) is 9.56. The van der Waals surface area contributed by atoms with Crippen LogP contribution in [-0.2, 0) is 11.2 Å². The zero-order chi connectivity index (χ0) is 20.2. The van der Waals surface area contributed by atoms with Gasteiger partial charge in [0.2, 0.25) is 0 Å². The SMILES string of the molecule is CCOc1ccc(/C(CCC(=O)[O-])=N\NC(=S)NCCc2ccccc2)cc1. The van der Waals surface area contributed by atoms with Crippen molar-refractivity contribution in [3.63, 3.8) is 0 Å². The zero-order valence-electron chi connectivity index (χ0n) is 15.8. The van der Waals surface area contributed by atoms with E-state index in [1.54, 1.807) is 0 Å². The molecule has 2 aromatic carbocycles. The maximum atomic E-state index is 10.8. The highest BCUT2D eigenvalue weighted by atomic mass is 32.1. The van der Waals surface area contributed by atoms with E-state index in [1.807, 2.05) is 49.4 Å². The lowest BCUT2D eigenvalue weighted by molar-refractivity contribution is -0.305. The number of hydrogen-bond acceptors (Lipinski definition) is 5. The van der Waals surface area contributed by atoms with Crippen molar-refractivity contribution < 1.29 is 14.6 Å². The molecule has 0 fully saturated rings. The number of aliphatic carboxylic acids is 1. The number of nitrogens with one attached hydrogen (secondary N) is 2. The van der Waals surface area contributed by atoms with Crippen LogP contribution < -0.4 is 20.6 Å². The van der Waals surface area contributed by atoms with E-state index in [0.717, 1.165) is 17.7 Å². The average Bonchev–Trinajstić information content (AvgIpc) is 2.70. The Balaban J connectivity index is 1.94. The van der Waals surface area contributed by atoms with E-state index in [2.05, 4.69) is 28.0 Å². The fourth-order valence-corrected chi connectivity index (χ4v) is 2.67. The van der Waals surface area contributed by atoms with Crippen molar-refractivity contribution in [3.8, 4) is 5.75 Å². The molecular formula is C21H24N3O3S-. The molecule has 0 saturated heterocycles. The van der Waals surface area contributed by atoms with Gasteiger partial charge in [0.1, 0.15) is 5.75 Å². The largest absolute Gasteiger partial charge is 0.550 e. The van der Waals surface area contributed by atoms with Crippen LogP contribution in [-0.4, -0.2) is 29.9 Å². The van der Waals surface area contributed by atoms with Crippen LogP contribution in [0.15, 0.2) is 59.7 Å². The Bertz CT molecular complexity index is 792. The topological polar surface area (TPSA) is 85.8 Å². The minimum Gasteiger partial charge on any atom is -0.550 e. The summed E-state index contributed by atoms with van der Waals surface area (Å²) in [6, 6.07) is 17.4. The minimum atomic E-state index is -1.12. The number of rotatable bonds is 10. The van der Waals surface area contributed by atoms with Crippen LogP contribution in [0.4, 0.5) is 0 Å². The van der Waals surface area contributed by atoms with E-state index >= 15 is 0 Å². The van der Waals surface area contributed by atoms with Crippen LogP contribution >= 0.6 is 12.2 Å². The van der Waals surface area contributed by atoms with Crippen molar-refractivity contribution in [2.75, 3.05) is 13.2 Å². The molecular weight excluding hydrogens is 374 g/mol. The highest BCUT2D eigenvalue weighted by Crippen LogP contribution is 2.14. The number of carboxylic acid groups (broad SMARTS) is 1. The standard InChI is InChI=1S/C21H25N3O3S/c1-2-27-18-10-8-17(9-11-18)19(12-13-20(25)26)23-24-21(28)22-15-14-16-6-4-3-5-7-16/h3-11H,2,12-15H2,1H3,(H,25,26)(H2,22,24,28)/p-1/b23-19-. The van der Waals surface area contributed by atoms with Crippen molar-refractivity contribution in [2.45, 2.75) is 26.2 Å². The summed E-state index contributed by atoms with van der Waals surface area (Å²) >= 11 is 5.25. The third-order valence-electron chi connectivity index (χ3n) is 3.90. The van der Waals surface area contributed by atoms with E-state index < -0.39 is 5.97 Å². The molecule has 0 aliphatic carbocycles. The normalized spacial score (nSPS) is 11.0. The molecule has 0 heterocycles. The fourth-order valence-electron chi connectivity index (χ4n) is 2.52. The summed E-state index contributed by atoms with van der Waals surface area (Å²) in [6.45, 7) is 3.16. The predicted molar refractivity (Wildman–Crippen MR) is 112 cm³/mol. The number of benzene rings is 2. The first-order valence-electron chi connectivity index (χ1n) is 9.16. The molecule has 28 heavy (non-hydrogen) atoms. The van der Waals surface area contributed by atoms with Gasteiger partial charge in [-0.25, -0.2) is 0 Å². The Morgan fingerprint density at radius 2 is 1.82 bits per heavy atom. The number of carbonyl (C=O) groups excluding carboxylic acids is 1. The maximum absolute atomic E-state index is 10.8. The molecule has 148 valence electrons. The van der Waals surface area contributed by atoms with E-state index in [9.17, 15) is 9.90 Å². The second-order valence-corrected chi connectivity index (χ2v) is 6.40. The molecule has 0 bridgehead atoms. The Morgan fingerprint density at radius 3 is 2.46 bits per heavy atom. The number of thiocarbonyl (C=S) groups is 1. The summed E-state index contributed by atoms with van der Waals surface area (Å²) in [7, 11) is 0. The second-order valence-electron chi connectivity index (χ2n) is 5.99. The molecule has 0 saturated carbocycles. The fraction of sp³-hybridized carbons (Fsp3) is 0.286. The first-order chi connectivity index (χ1) is 13.6. The number of hydrogen-bond donors (Lipinski definition) is 2. The molecule has 0 radical (unpaired) electrons. The number of carbonyl (C=O) groups is 1. The smallest absolute Gasteiger partial charge is 0.186 e. The lowest BCUT2D eigenvalue weighted by Crippen LogP contribution is -2.34. The molecule has 0 unspecified atom stereocenters. The van der Waals surface area contributed by atoms with Gasteiger partial charge in [0.15, 0.2) is 5.11 Å². The third-order valence-corrected chi connectivity index (χ3v) is 4.13. The van der Waals surface area contributed by atoms with Gasteiger partial charge >= 0.3 is 0 Å². The van der Waals surface area contributed by atoms with E-state index in [-0.39, 0.29) is 12.8 Å². The van der Waals surface area contributed by atoms with Crippen LogP contribution in [0.25, 0.3) is 0 Å². The number of ether oxygens (including phenoxy) is 1. The van der Waals surface area contributed by atoms with Crippen molar-refractivity contribution >= 4 is 29.0 Å². The van der Waals surface area contributed by atoms with Crippen LogP contribution in [0.3, 0.4) is 0 Å². The minimum absolute atomic E-state index is 0.123. The quantitative estimate of drug-likeness (QED) is 0.362. The summed E-state index contributed by atoms with van der Waals surface area (Å²) in [5.74, 6) is -0.376. The van der Waals surface area contributed by atoms with Gasteiger partial charge in [0.25, 0.3) is 0 Å². The summed E-state index contributed by atoms with van der Waals surface area (Å²) in [5, 5.41) is 18.6. The molecule has 0 aromatic heterocycles. The summed E-state index contributed by atoms with van der Waals surface area (Å²) in [4.78, 5) is 10.8. The molecule has 7 heteroatoms. The molecule has 2 rings (SSSR count). The predicted octanol–water partition coefficient (Wildman–Crippen LogP) is 2.03. The zero-order valence-corrected chi connectivity index (χ0v) is 16.6. The van der Waals surface area contributed by atoms with Gasteiger partial charge in [-0.3, -0.25) is 5.43 Å². The van der Waals surface area contributed by atoms with Crippen LogP contribution in [0.5, 0.6) is 5.75 Å². The van der Waals surface area contributed by atoms with Crippen molar-refractivity contribution in [3.05, 3.63) is 65.7 Å². The van der Waals surface area contributed by atoms with Crippen molar-refractivity contribution in [1.29, 1.82) is 0 Å². The third kappa shape index (κ3) is 7.75. The summed E-state index contributed by atoms with van der Waals surface area (Å²) in [6.07, 6.45) is 0.945. The Labute approximate surface area is 170 Å². The van der Waals surface area contributed by atoms with Gasteiger partial charge in [-0.2, -0.15) is 5.10 Å². The molecule has 2 aromatic rings. The van der Waals surface area contributed by atoms with E-state index in [4.69, 9.17) is 17.0 Å². The summed E-state index contributed by atoms with van der Waals surface area (Å²) < 4.78 is 5.43. The van der Waals surface area contributed by atoms with Crippen LogP contribution in [0.2, 0.25) is 0 Å². The molecule has 2 N–H and O–H groups in total. The highest BCUT2D eigenvalue weighted by Gasteiger charge is 2.06. The molecule has 0 spiro atoms. The Hall–Kier alpha value is -2.93. The molecule has 0 aliphatic heterocycles. The molecule has 6 nitrogen and oxygen atoms in total. The van der Waals surface area contributed by atoms with Gasteiger partial charge in [-0.15, -0.1) is 0 Å². The lowest BCUT2D eigenvalue weighted by Gasteiger charge is -2.11. The van der Waals surface area contributed by atoms with Crippen molar-refractivity contribution in [1.82, 2.24) is 10.7 Å². The van der Waals surface area contributed by atoms with Gasteiger partial charge in [-0.1, -0.05) is 30.3 Å². The molecule has 0 amide bonds. The van der Waals surface area contributed by atoms with Crippen molar-refractivity contribution in [2.24, 2.45) is 5.10 Å². The first kappa shape index (κ1) is 21.4. The van der Waals surface area contributed by atoms with E-state index in [1.165, 1.54) is 5.56 Å². The average molecular weight is 399 g/mol. The number of hydrazone groups is 1. The lowest BCUT2D eigenvalue weighted by atomic mass is 10.1. The van der Waals surface area contributed by atoms with E-state index in [0.29, 0.717) is 24.0 Å². The Morgan fingerprint density at radius 1 is 1.11 bits per heavy atom. The van der Waals surface area contributed by atoms with Crippen LogP contribution in [0, 0.1) is 0 Å². The Kier molecular flexibility index (Phi) is 8.94.